The Labute approximate surface area is 459 Å². The molecule has 0 aromatic heterocycles. The molecule has 4 aliphatic heterocycles. The van der Waals surface area contributed by atoms with Gasteiger partial charge in [-0.15, -0.1) is 23.5 Å². The highest BCUT2D eigenvalue weighted by molar-refractivity contribution is 8.00. The van der Waals surface area contributed by atoms with Crippen molar-refractivity contribution in [2.45, 2.75) is 178 Å². The maximum atomic E-state index is 14.0. The third kappa shape index (κ3) is 19.0. The van der Waals surface area contributed by atoms with Crippen LogP contribution < -0.4 is 37.2 Å². The number of nitrogens with one attached hydrogen (secondary N) is 7. The normalized spacial score (nSPS) is 23.7. The molecule has 21 heteroatoms. The first-order chi connectivity index (χ1) is 36.3. The van der Waals surface area contributed by atoms with E-state index in [4.69, 9.17) is 0 Å². The predicted octanol–water partition coefficient (Wildman–Crippen LogP) is 4.95. The van der Waals surface area contributed by atoms with Gasteiger partial charge < -0.3 is 41.9 Å². The van der Waals surface area contributed by atoms with Crippen LogP contribution in [0.1, 0.15) is 152 Å². The molecule has 0 aliphatic carbocycles. The minimum absolute atomic E-state index is 0.0209. The lowest BCUT2D eigenvalue weighted by Crippen LogP contribution is -2.57. The lowest BCUT2D eigenvalue weighted by Gasteiger charge is -2.35. The van der Waals surface area contributed by atoms with Crippen molar-refractivity contribution in [1.29, 1.82) is 0 Å². The van der Waals surface area contributed by atoms with Gasteiger partial charge >= 0.3 is 0 Å². The number of β-amino-alcohol motifs (C(OH)–C–C–N with tert-alkyl or cyclic N) is 1. The van der Waals surface area contributed by atoms with Crippen LogP contribution >= 0.6 is 23.5 Å². The van der Waals surface area contributed by atoms with Crippen LogP contribution in [-0.4, -0.2) is 138 Å². The maximum Gasteiger partial charge on any atom is 0.246 e. The minimum atomic E-state index is -3.42. The van der Waals surface area contributed by atoms with Crippen molar-refractivity contribution in [2.24, 2.45) is 11.3 Å². The Hall–Kier alpha value is -4.25. The summed E-state index contributed by atoms with van der Waals surface area (Å²) < 4.78 is 25.4. The van der Waals surface area contributed by atoms with Gasteiger partial charge in [0, 0.05) is 80.9 Å². The van der Waals surface area contributed by atoms with Gasteiger partial charge in [0.25, 0.3) is 0 Å². The van der Waals surface area contributed by atoms with Crippen LogP contribution in [0.3, 0.4) is 0 Å². The van der Waals surface area contributed by atoms with Gasteiger partial charge in [-0.3, -0.25) is 34.1 Å². The van der Waals surface area contributed by atoms with Crippen LogP contribution in [-0.2, 0) is 45.3 Å². The number of nitrogens with zero attached hydrogens (tertiary/aromatic N) is 2. The zero-order valence-corrected chi connectivity index (χ0v) is 47.7. The number of aliphatic hydroxyl groups excluding tert-OH is 1. The summed E-state index contributed by atoms with van der Waals surface area (Å²) in [6.07, 6.45) is 10.4. The van der Waals surface area contributed by atoms with Crippen molar-refractivity contribution in [3.63, 3.8) is 0 Å². The average molecular weight is 1110 g/mol. The number of benzene rings is 2. The summed E-state index contributed by atoms with van der Waals surface area (Å²) in [5.74, 6) is -0.423. The first-order valence-corrected chi connectivity index (χ1v) is 31.5. The fraction of sp³-hybridized carbons (Fsp3) is 0.673. The number of unbranched alkanes of at least 4 members (excludes halogenated alkanes) is 8. The van der Waals surface area contributed by atoms with E-state index in [9.17, 15) is 42.3 Å². The highest BCUT2D eigenvalue weighted by Gasteiger charge is 2.44. The average Bonchev–Trinajstić information content (AvgIpc) is 4.24. The molecular formula is C55H85N9O9S3. The summed E-state index contributed by atoms with van der Waals surface area (Å²) in [5.41, 5.74) is 2.35. The van der Waals surface area contributed by atoms with Crippen molar-refractivity contribution in [1.82, 2.24) is 46.4 Å². The molecule has 0 radical (unpaired) electrons. The third-order valence-electron chi connectivity index (χ3n) is 14.9. The van der Waals surface area contributed by atoms with Crippen molar-refractivity contribution >= 4 is 69.0 Å². The van der Waals surface area contributed by atoms with E-state index >= 15 is 0 Å². The van der Waals surface area contributed by atoms with E-state index in [1.54, 1.807) is 11.8 Å². The molecule has 0 saturated carbocycles. The third-order valence-corrected chi connectivity index (χ3v) is 18.6. The van der Waals surface area contributed by atoms with Crippen LogP contribution in [0.4, 0.5) is 0 Å². The summed E-state index contributed by atoms with van der Waals surface area (Å²) in [5, 5.41) is 32.8. The Morgan fingerprint density at radius 2 is 1.46 bits per heavy atom. The highest BCUT2D eigenvalue weighted by atomic mass is 32.2. The quantitative estimate of drug-likeness (QED) is 0.0527. The highest BCUT2D eigenvalue weighted by Crippen LogP contribution is 2.36. The topological polar surface area (TPSA) is 247 Å². The Bertz CT molecular complexity index is 2340. The van der Waals surface area contributed by atoms with E-state index in [2.05, 4.69) is 56.3 Å². The van der Waals surface area contributed by atoms with Gasteiger partial charge in [-0.2, -0.15) is 0 Å². The molecule has 0 bridgehead atoms. The van der Waals surface area contributed by atoms with Crippen LogP contribution in [0.15, 0.2) is 54.6 Å². The standard InChI is InChI=1S/C55H85N9O9S3/c1-37-48(75-36-58-37)40-26-24-38(25-27-40)32-57-52(70)45-31-42(65)34-64(45)53(71)49(55(2,3)4)61-47(67)23-16-11-9-7-6-8-10-15-22-46(66)56-29-18-17-21-43(59-50(68)41-28-30-63(33-41)76(5,72)73)51(69)62-54-60-44(35-74-54)39-19-13-12-14-20-39/h12-14,19-20,24-27,37,41-45,48-49,54,58,60,65H,6-11,15-18,21-23,28-36H2,1-5H3,(H,56,66)(H,57,70)(H,59,68)(H,61,67)(H,62,69)/t37?,41?,42-,43+,44?,45+,48?,49-,54?/m1/s1. The van der Waals surface area contributed by atoms with Gasteiger partial charge in [-0.25, -0.2) is 12.7 Å². The summed E-state index contributed by atoms with van der Waals surface area (Å²) >= 11 is 3.46. The molecule has 6 rings (SSSR count). The second kappa shape index (κ2) is 29.6. The number of aliphatic hydroxyl groups is 1. The lowest BCUT2D eigenvalue weighted by atomic mass is 9.85. The van der Waals surface area contributed by atoms with E-state index < -0.39 is 45.6 Å². The Morgan fingerprint density at radius 3 is 2.09 bits per heavy atom. The molecule has 5 unspecified atom stereocenters. The smallest absolute Gasteiger partial charge is 0.246 e. The minimum Gasteiger partial charge on any atom is -0.391 e. The zero-order chi connectivity index (χ0) is 54.8. The second-order valence-electron chi connectivity index (χ2n) is 22.1. The van der Waals surface area contributed by atoms with E-state index in [1.807, 2.05) is 75.0 Å². The van der Waals surface area contributed by atoms with E-state index in [-0.39, 0.29) is 79.5 Å². The van der Waals surface area contributed by atoms with Crippen molar-refractivity contribution in [3.05, 3.63) is 71.3 Å². The maximum absolute atomic E-state index is 14.0. The van der Waals surface area contributed by atoms with E-state index in [0.29, 0.717) is 62.9 Å². The molecule has 6 amide bonds. The molecule has 422 valence electrons. The molecule has 4 fully saturated rings. The van der Waals surface area contributed by atoms with Gasteiger partial charge in [0.15, 0.2) is 0 Å². The Balaban J connectivity index is 0.816. The Morgan fingerprint density at radius 1 is 0.789 bits per heavy atom. The van der Waals surface area contributed by atoms with Gasteiger partial charge in [-0.1, -0.05) is 114 Å². The molecule has 4 heterocycles. The SMILES string of the molecule is CC1NCSC1c1ccc(CNC(=O)[C@@H]2C[C@@H](O)CN2C(=O)[C@@H](NC(=O)CCCCCCCCCCC(=O)NCCCC[C@H](NC(=O)C2CCN(S(C)(=O)=O)C2)C(=O)NC2NC(c3ccccc3)CS2)C(C)(C)C)cc1. The molecule has 2 aromatic rings. The van der Waals surface area contributed by atoms with Crippen LogP contribution in [0.5, 0.6) is 0 Å². The summed E-state index contributed by atoms with van der Waals surface area (Å²) in [4.78, 5) is 81.7. The van der Waals surface area contributed by atoms with Crippen molar-refractivity contribution < 1.29 is 42.3 Å². The summed E-state index contributed by atoms with van der Waals surface area (Å²) in [6, 6.07) is 16.2. The molecule has 2 aromatic carbocycles. The molecule has 76 heavy (non-hydrogen) atoms. The molecule has 0 spiro atoms. The monoisotopic (exact) mass is 1110 g/mol. The summed E-state index contributed by atoms with van der Waals surface area (Å²) in [7, 11) is -3.42. The molecule has 18 nitrogen and oxygen atoms in total. The first-order valence-electron chi connectivity index (χ1n) is 27.5. The van der Waals surface area contributed by atoms with Crippen LogP contribution in [0.25, 0.3) is 0 Å². The number of amides is 6. The Kier molecular flexibility index (Phi) is 23.8. The lowest BCUT2D eigenvalue weighted by molar-refractivity contribution is -0.144. The van der Waals surface area contributed by atoms with Gasteiger partial charge in [0.1, 0.15) is 23.6 Å². The molecule has 4 saturated heterocycles. The summed E-state index contributed by atoms with van der Waals surface area (Å²) in [6.45, 7) is 8.96. The largest absolute Gasteiger partial charge is 0.391 e. The van der Waals surface area contributed by atoms with Gasteiger partial charge in [0.05, 0.1) is 18.3 Å². The van der Waals surface area contributed by atoms with Gasteiger partial charge in [0.2, 0.25) is 45.5 Å². The predicted molar refractivity (Wildman–Crippen MR) is 300 cm³/mol. The van der Waals surface area contributed by atoms with Gasteiger partial charge in [-0.05, 0) is 67.6 Å². The number of carbonyl (C=O) groups is 6. The second-order valence-corrected chi connectivity index (χ2v) is 26.4. The fourth-order valence-electron chi connectivity index (χ4n) is 10.3. The van der Waals surface area contributed by atoms with Crippen molar-refractivity contribution in [3.8, 4) is 0 Å². The number of rotatable bonds is 28. The fourth-order valence-corrected chi connectivity index (χ4v) is 13.6. The number of hydrogen-bond donors (Lipinski definition) is 8. The number of sulfonamides is 1. The molecule has 9 atom stereocenters. The van der Waals surface area contributed by atoms with Crippen LogP contribution in [0.2, 0.25) is 0 Å². The number of carbonyl (C=O) groups excluding carboxylic acids is 6. The number of likely N-dealkylation sites (tertiary alicyclic amines) is 1. The van der Waals surface area contributed by atoms with Crippen LogP contribution in [0, 0.1) is 11.3 Å². The molecule has 8 N–H and O–H groups in total. The van der Waals surface area contributed by atoms with E-state index in [0.717, 1.165) is 74.0 Å². The first kappa shape index (κ1) is 61.0. The zero-order valence-electron chi connectivity index (χ0n) is 45.3. The number of hydrogen-bond acceptors (Lipinski definition) is 13. The molecule has 4 aliphatic rings. The molecular weight excluding hydrogens is 1030 g/mol. The van der Waals surface area contributed by atoms with E-state index in [1.165, 1.54) is 14.8 Å². The number of thioether (sulfide) groups is 2. The van der Waals surface area contributed by atoms with Crippen molar-refractivity contribution in [2.75, 3.05) is 44.1 Å².